The van der Waals surface area contributed by atoms with Gasteiger partial charge in [0.2, 0.25) is 35.4 Å². The zero-order valence-electron chi connectivity index (χ0n) is 43.4. The van der Waals surface area contributed by atoms with E-state index < -0.39 is 83.9 Å². The molecule has 0 radical (unpaired) electrons. The molecule has 6 aromatic rings. The summed E-state index contributed by atoms with van der Waals surface area (Å²) < 4.78 is 11.8. The molecule has 19 nitrogen and oxygen atoms in total. The average molecular weight is 1060 g/mol. The lowest BCUT2D eigenvalue weighted by molar-refractivity contribution is -0.143. The minimum Gasteiger partial charge on any atom is -0.489 e. The van der Waals surface area contributed by atoms with Crippen LogP contribution < -0.4 is 48.1 Å². The molecule has 2 fully saturated rings. The Labute approximate surface area is 452 Å². The Hall–Kier alpha value is -8.55. The van der Waals surface area contributed by atoms with E-state index in [9.17, 15) is 24.0 Å². The largest absolute Gasteiger partial charge is 0.489 e. The molecule has 7 atom stereocenters. The second-order valence-electron chi connectivity index (χ2n) is 19.6. The van der Waals surface area contributed by atoms with Gasteiger partial charge >= 0.3 is 6.09 Å². The normalized spacial score (nSPS) is 21.5. The fourth-order valence-electron chi connectivity index (χ4n) is 9.81. The summed E-state index contributed by atoms with van der Waals surface area (Å²) in [5.41, 5.74) is 15.9. The quantitative estimate of drug-likeness (QED) is 0.0559. The van der Waals surface area contributed by atoms with Gasteiger partial charge in [0.1, 0.15) is 54.7 Å². The first-order chi connectivity index (χ1) is 38.0. The molecule has 2 aliphatic rings. The first-order valence-electron chi connectivity index (χ1n) is 26.5. The third kappa shape index (κ3) is 15.1. The predicted octanol–water partition coefficient (Wildman–Crippen LogP) is 3.76. The molecule has 11 N–H and O–H groups in total. The van der Waals surface area contributed by atoms with Gasteiger partial charge in [-0.25, -0.2) is 4.79 Å². The van der Waals surface area contributed by atoms with Gasteiger partial charge in [-0.2, -0.15) is 0 Å². The van der Waals surface area contributed by atoms with Crippen molar-refractivity contribution in [3.63, 3.8) is 0 Å². The maximum absolute atomic E-state index is 15.3. The third-order valence-corrected chi connectivity index (χ3v) is 14.0. The molecule has 0 spiro atoms. The summed E-state index contributed by atoms with van der Waals surface area (Å²) in [7, 11) is 0. The molecule has 8 rings (SSSR count). The number of amides is 7. The third-order valence-electron chi connectivity index (χ3n) is 14.0. The summed E-state index contributed by atoms with van der Waals surface area (Å²) in [5.74, 6) is -3.62. The molecule has 0 bridgehead atoms. The fourth-order valence-corrected chi connectivity index (χ4v) is 9.81. The number of aromatic amines is 1. The molecule has 0 saturated carbocycles. The van der Waals surface area contributed by atoms with Crippen LogP contribution in [0.25, 0.3) is 10.9 Å². The van der Waals surface area contributed by atoms with Crippen LogP contribution in [0.15, 0.2) is 146 Å². The summed E-state index contributed by atoms with van der Waals surface area (Å²) in [6, 6.07) is 34.2. The van der Waals surface area contributed by atoms with Crippen LogP contribution >= 0.6 is 0 Å². The molecule has 7 amide bonds. The van der Waals surface area contributed by atoms with Crippen molar-refractivity contribution in [2.75, 3.05) is 26.2 Å². The van der Waals surface area contributed by atoms with E-state index in [0.717, 1.165) is 22.0 Å². The van der Waals surface area contributed by atoms with Crippen molar-refractivity contribution in [2.45, 2.75) is 100 Å². The number of carbonyl (C=O) groups excluding carboxylic acids is 7. The Bertz CT molecular complexity index is 2980. The highest BCUT2D eigenvalue weighted by molar-refractivity contribution is 5.99. The van der Waals surface area contributed by atoms with Gasteiger partial charge in [-0.05, 0) is 84.7 Å². The van der Waals surface area contributed by atoms with Crippen LogP contribution in [-0.2, 0) is 59.4 Å². The van der Waals surface area contributed by atoms with E-state index in [-0.39, 0.29) is 51.7 Å². The number of aryl methyl sites for hydroxylation is 1. The van der Waals surface area contributed by atoms with Crippen LogP contribution in [0.2, 0.25) is 0 Å². The highest BCUT2D eigenvalue weighted by atomic mass is 16.6. The molecule has 19 heteroatoms. The molecule has 2 aliphatic heterocycles. The number of nitrogens with one attached hydrogen (secondary N) is 7. The van der Waals surface area contributed by atoms with E-state index in [1.165, 1.54) is 4.90 Å². The predicted molar refractivity (Wildman–Crippen MR) is 293 cm³/mol. The topological polar surface area (TPSA) is 281 Å². The Balaban J connectivity index is 1.17. The Morgan fingerprint density at radius 3 is 1.90 bits per heavy atom. The number of ether oxygens (including phenoxy) is 2. The second kappa shape index (κ2) is 27.5. The molecule has 2 saturated heterocycles. The maximum Gasteiger partial charge on any atom is 0.407 e. The smallest absolute Gasteiger partial charge is 0.407 e. The van der Waals surface area contributed by atoms with Gasteiger partial charge in [0.05, 0.1) is 6.54 Å². The minimum absolute atomic E-state index is 0.0332. The summed E-state index contributed by atoms with van der Waals surface area (Å²) >= 11 is 0. The van der Waals surface area contributed by atoms with E-state index in [1.807, 2.05) is 84.9 Å². The van der Waals surface area contributed by atoms with Gasteiger partial charge in [-0.3, -0.25) is 28.8 Å². The van der Waals surface area contributed by atoms with Gasteiger partial charge in [0.25, 0.3) is 0 Å². The molecule has 78 heavy (non-hydrogen) atoms. The molecule has 0 unspecified atom stereocenters. The van der Waals surface area contributed by atoms with Crippen molar-refractivity contribution in [3.05, 3.63) is 174 Å². The van der Waals surface area contributed by atoms with E-state index in [0.29, 0.717) is 54.9 Å². The molecule has 0 aliphatic carbocycles. The number of H-pyrrole nitrogens is 1. The lowest BCUT2D eigenvalue weighted by Gasteiger charge is -2.32. The van der Waals surface area contributed by atoms with Crippen LogP contribution in [0.4, 0.5) is 4.79 Å². The number of aromatic nitrogens is 1. The van der Waals surface area contributed by atoms with Gasteiger partial charge in [0, 0.05) is 49.5 Å². The number of hydrogen-bond acceptors (Lipinski definition) is 11. The van der Waals surface area contributed by atoms with Crippen molar-refractivity contribution in [3.8, 4) is 5.75 Å². The number of nitrogens with two attached hydrogens (primary N) is 2. The van der Waals surface area contributed by atoms with Crippen molar-refractivity contribution >= 4 is 52.4 Å². The first-order valence-corrected chi connectivity index (χ1v) is 26.5. The van der Waals surface area contributed by atoms with E-state index >= 15 is 9.59 Å². The van der Waals surface area contributed by atoms with E-state index in [4.69, 9.17) is 20.9 Å². The van der Waals surface area contributed by atoms with Gasteiger partial charge in [-0.1, -0.05) is 121 Å². The fraction of sp³-hybridized carbons (Fsp3) is 0.339. The van der Waals surface area contributed by atoms with Crippen molar-refractivity contribution in [1.82, 2.24) is 41.8 Å². The Morgan fingerprint density at radius 1 is 0.590 bits per heavy atom. The van der Waals surface area contributed by atoms with Crippen molar-refractivity contribution in [1.29, 1.82) is 0 Å². The zero-order valence-corrected chi connectivity index (χ0v) is 43.4. The molecule has 1 aromatic heterocycles. The summed E-state index contributed by atoms with van der Waals surface area (Å²) in [6.07, 6.45) is 1.12. The number of nitrogens with zero attached hydrogens (tertiary/aromatic N) is 1. The number of hydrogen-bond donors (Lipinski definition) is 9. The Morgan fingerprint density at radius 2 is 1.21 bits per heavy atom. The standard InChI is InChI=1S/C59H68N10O9/c60-29-13-12-22-47-53(70)65-48(28-25-38-23-26-43(27-24-38)77-37-40-16-6-2-7-17-40)54(71)67-50(32-39-14-4-1-5-15-39)58(75)69-36-44(78-59(76)62-31-30-61)34-51(69)56(73)68-52(41-18-8-3-9-19-41)57(74)66-49(55(72)64-47)33-42-35-63-46-21-11-10-20-45(42)46/h1-11,14-21,23-24,26-27,35,44,47-52,63H,12-13,22,25,28-34,36-37,60-61H2,(H,62,76)(H,64,72)(H,65,70)(H,66,74)(H,67,71)(H,68,73)/t44-,47+,48+,49-,50+,51+,52+/m1/s1. The van der Waals surface area contributed by atoms with Crippen LogP contribution in [0, 0.1) is 0 Å². The number of para-hydroxylation sites is 1. The maximum atomic E-state index is 15.3. The highest BCUT2D eigenvalue weighted by Gasteiger charge is 2.45. The van der Waals surface area contributed by atoms with Gasteiger partial charge < -0.3 is 62.7 Å². The summed E-state index contributed by atoms with van der Waals surface area (Å²) in [5, 5.41) is 17.9. The highest BCUT2D eigenvalue weighted by Crippen LogP contribution is 2.26. The number of fused-ring (bicyclic) bond motifs is 2. The number of unbranched alkanes of at least 4 members (excludes halogenated alkanes) is 1. The lowest BCUT2D eigenvalue weighted by Crippen LogP contribution is -2.60. The number of carbonyl (C=O) groups is 7. The van der Waals surface area contributed by atoms with Crippen molar-refractivity contribution < 1.29 is 43.0 Å². The minimum atomic E-state index is -1.41. The van der Waals surface area contributed by atoms with Crippen LogP contribution in [0.1, 0.15) is 66.0 Å². The summed E-state index contributed by atoms with van der Waals surface area (Å²) in [4.78, 5) is 107. The van der Waals surface area contributed by atoms with Crippen LogP contribution in [-0.4, -0.2) is 114 Å². The van der Waals surface area contributed by atoms with E-state index in [2.05, 4.69) is 36.9 Å². The Kier molecular flexibility index (Phi) is 19.6. The number of rotatable bonds is 18. The van der Waals surface area contributed by atoms with E-state index in [1.54, 1.807) is 60.8 Å². The molecular formula is C59H68N10O9. The van der Waals surface area contributed by atoms with Crippen molar-refractivity contribution in [2.24, 2.45) is 11.5 Å². The van der Waals surface area contributed by atoms with Gasteiger partial charge in [0.15, 0.2) is 0 Å². The van der Waals surface area contributed by atoms with Gasteiger partial charge in [-0.15, -0.1) is 0 Å². The SMILES string of the molecule is NCCCC[C@@H]1NC(=O)[C@@H](Cc2c[nH]c3ccccc23)NC(=O)[C@H](c2ccccc2)NC(=O)[C@@H]2C[C@@H](OC(=O)NCCN)CN2C(=O)[C@H](Cc2ccccc2)NC(=O)[C@H](CCc2ccc(OCc3ccccc3)cc2)NC1=O. The molecule has 5 aromatic carbocycles. The van der Waals surface area contributed by atoms with Crippen LogP contribution in [0.3, 0.4) is 0 Å². The lowest BCUT2D eigenvalue weighted by atomic mass is 9.99. The number of alkyl carbamates (subject to hydrolysis) is 1. The molecular weight excluding hydrogens is 993 g/mol. The van der Waals surface area contributed by atoms with Crippen LogP contribution in [0.5, 0.6) is 5.75 Å². The molecule has 3 heterocycles. The monoisotopic (exact) mass is 1060 g/mol. The molecule has 408 valence electrons. The summed E-state index contributed by atoms with van der Waals surface area (Å²) in [6.45, 7) is 0.677. The number of benzene rings is 5. The average Bonchev–Trinajstić information content (AvgIpc) is 4.14. The first kappa shape index (κ1) is 55.7. The second-order valence-corrected chi connectivity index (χ2v) is 19.6. The zero-order chi connectivity index (χ0) is 54.8.